The van der Waals surface area contributed by atoms with Crippen molar-refractivity contribution >= 4 is 17.6 Å². The molecule has 0 heterocycles. The lowest BCUT2D eigenvalue weighted by Gasteiger charge is -2.23. The van der Waals surface area contributed by atoms with Crippen molar-refractivity contribution in [2.45, 2.75) is 37.4 Å². The van der Waals surface area contributed by atoms with Crippen molar-refractivity contribution in [2.75, 3.05) is 0 Å². The molecule has 0 amide bonds. The number of hydrogen-bond acceptors (Lipinski definition) is 2. The number of halogens is 6. The average Bonchev–Trinajstić information content (AvgIpc) is 1.96. The quantitative estimate of drug-likeness (QED) is 0.438. The molecule has 15 heavy (non-hydrogen) atoms. The first-order valence-electron chi connectivity index (χ1n) is 3.92. The summed E-state index contributed by atoms with van der Waals surface area (Å²) in [6, 6.07) is 0. The van der Waals surface area contributed by atoms with E-state index < -0.39 is 23.6 Å². The molecule has 1 atom stereocenters. The molecule has 0 bridgehead atoms. The van der Waals surface area contributed by atoms with Crippen LogP contribution in [-0.2, 0) is 9.53 Å². The van der Waals surface area contributed by atoms with Crippen LogP contribution in [-0.4, -0.2) is 23.6 Å². The van der Waals surface area contributed by atoms with E-state index in [9.17, 15) is 26.7 Å². The highest BCUT2D eigenvalue weighted by Gasteiger charge is 2.57. The number of esters is 1. The van der Waals surface area contributed by atoms with Gasteiger partial charge in [-0.1, -0.05) is 6.92 Å². The zero-order chi connectivity index (χ0) is 12.3. The smallest absolute Gasteiger partial charge is 0.432 e. The van der Waals surface area contributed by atoms with Crippen molar-refractivity contribution in [2.24, 2.45) is 0 Å². The Morgan fingerprint density at radius 3 is 2.07 bits per heavy atom. The first-order valence-corrected chi connectivity index (χ1v) is 4.29. The molecule has 0 fully saturated rings. The number of carbonyl (C=O) groups is 1. The molecule has 0 aliphatic rings. The fourth-order valence-electron chi connectivity index (χ4n) is 0.714. The molecule has 0 N–H and O–H groups in total. The first kappa shape index (κ1) is 14.4. The minimum atomic E-state index is -5.39. The molecular weight excluding hydrogens is 247 g/mol. The standard InChI is InChI=1S/C7H8ClF5O2/c1-2-3-4(14)15-5(6(8,9)10)7(11,12)13/h5H,2-3H2,1H3. The van der Waals surface area contributed by atoms with Crippen LogP contribution in [0.3, 0.4) is 0 Å². The van der Waals surface area contributed by atoms with Crippen LogP contribution in [0.5, 0.6) is 0 Å². The Morgan fingerprint density at radius 2 is 1.80 bits per heavy atom. The Labute approximate surface area is 87.3 Å². The third-order valence-electron chi connectivity index (χ3n) is 1.30. The summed E-state index contributed by atoms with van der Waals surface area (Å²) >= 11 is 4.20. The predicted molar refractivity (Wildman–Crippen MR) is 41.6 cm³/mol. The van der Waals surface area contributed by atoms with Crippen molar-refractivity contribution in [1.29, 1.82) is 0 Å². The van der Waals surface area contributed by atoms with Crippen LogP contribution in [0.2, 0.25) is 0 Å². The number of hydrogen-bond donors (Lipinski definition) is 0. The molecule has 0 aromatic rings. The lowest BCUT2D eigenvalue weighted by molar-refractivity contribution is -0.258. The van der Waals surface area contributed by atoms with Crippen LogP contribution in [0, 0.1) is 0 Å². The second-order valence-corrected chi connectivity index (χ2v) is 3.21. The van der Waals surface area contributed by atoms with Gasteiger partial charge in [0.25, 0.3) is 6.10 Å². The minimum Gasteiger partial charge on any atom is -0.445 e. The molecule has 2 nitrogen and oxygen atoms in total. The second kappa shape index (κ2) is 4.96. The average molecular weight is 255 g/mol. The Hall–Kier alpha value is -0.590. The van der Waals surface area contributed by atoms with E-state index in [1.54, 1.807) is 0 Å². The van der Waals surface area contributed by atoms with E-state index in [1.807, 2.05) is 0 Å². The van der Waals surface area contributed by atoms with Crippen molar-refractivity contribution in [3.63, 3.8) is 0 Å². The molecule has 0 spiro atoms. The van der Waals surface area contributed by atoms with E-state index in [4.69, 9.17) is 0 Å². The van der Waals surface area contributed by atoms with Gasteiger partial charge in [-0.05, 0) is 18.0 Å². The van der Waals surface area contributed by atoms with Crippen molar-refractivity contribution in [3.05, 3.63) is 0 Å². The van der Waals surface area contributed by atoms with E-state index in [0.29, 0.717) is 0 Å². The third kappa shape index (κ3) is 5.15. The number of rotatable bonds is 4. The molecule has 0 aromatic heterocycles. The zero-order valence-corrected chi connectivity index (χ0v) is 8.33. The molecule has 0 saturated heterocycles. The van der Waals surface area contributed by atoms with E-state index >= 15 is 0 Å². The molecule has 1 unspecified atom stereocenters. The van der Waals surface area contributed by atoms with Gasteiger partial charge >= 0.3 is 17.5 Å². The maximum absolute atomic E-state index is 12.3. The SMILES string of the molecule is CCCC(=O)OC(C(F)(F)F)C(F)(F)Cl. The maximum atomic E-state index is 12.3. The summed E-state index contributed by atoms with van der Waals surface area (Å²) in [7, 11) is 0. The Bertz CT molecular complexity index is 208. The molecule has 0 aliphatic heterocycles. The number of carbonyl (C=O) groups excluding carboxylic acids is 1. The van der Waals surface area contributed by atoms with Gasteiger partial charge in [-0.15, -0.1) is 0 Å². The topological polar surface area (TPSA) is 26.3 Å². The molecule has 0 aromatic carbocycles. The van der Waals surface area contributed by atoms with Crippen LogP contribution in [0.15, 0.2) is 0 Å². The van der Waals surface area contributed by atoms with Gasteiger partial charge in [-0.3, -0.25) is 4.79 Å². The lowest BCUT2D eigenvalue weighted by Crippen LogP contribution is -2.44. The summed E-state index contributed by atoms with van der Waals surface area (Å²) in [5.74, 6) is -1.36. The van der Waals surface area contributed by atoms with E-state index in [1.165, 1.54) is 6.92 Å². The van der Waals surface area contributed by atoms with E-state index in [2.05, 4.69) is 16.3 Å². The Morgan fingerprint density at radius 1 is 1.33 bits per heavy atom. The highest BCUT2D eigenvalue weighted by atomic mass is 35.5. The predicted octanol–water partition coefficient (Wildman–Crippen LogP) is 3.09. The fourth-order valence-corrected chi connectivity index (χ4v) is 0.882. The Kier molecular flexibility index (Phi) is 4.76. The van der Waals surface area contributed by atoms with Gasteiger partial charge in [-0.25, -0.2) is 0 Å². The molecule has 0 radical (unpaired) electrons. The van der Waals surface area contributed by atoms with Gasteiger partial charge in [0.2, 0.25) is 0 Å². The van der Waals surface area contributed by atoms with Gasteiger partial charge in [0.05, 0.1) is 0 Å². The van der Waals surface area contributed by atoms with Crippen LogP contribution in [0.1, 0.15) is 19.8 Å². The van der Waals surface area contributed by atoms with Gasteiger partial charge < -0.3 is 4.74 Å². The normalized spacial score (nSPS) is 14.9. The number of alkyl halides is 6. The summed E-state index contributed by atoms with van der Waals surface area (Å²) in [6.07, 6.45) is -9.18. The van der Waals surface area contributed by atoms with Gasteiger partial charge in [0.15, 0.2) is 0 Å². The van der Waals surface area contributed by atoms with Gasteiger partial charge in [0, 0.05) is 6.42 Å². The summed E-state index contributed by atoms with van der Waals surface area (Å²) in [5.41, 5.74) is 0. The monoisotopic (exact) mass is 254 g/mol. The molecule has 0 aliphatic carbocycles. The van der Waals surface area contributed by atoms with Crippen LogP contribution in [0.25, 0.3) is 0 Å². The Balaban J connectivity index is 4.62. The fraction of sp³-hybridized carbons (Fsp3) is 0.857. The lowest BCUT2D eigenvalue weighted by atomic mass is 10.3. The van der Waals surface area contributed by atoms with Gasteiger partial charge in [0.1, 0.15) is 0 Å². The zero-order valence-electron chi connectivity index (χ0n) is 7.58. The van der Waals surface area contributed by atoms with Crippen molar-refractivity contribution < 1.29 is 31.5 Å². The highest BCUT2D eigenvalue weighted by Crippen LogP contribution is 2.37. The largest absolute Gasteiger partial charge is 0.445 e. The van der Waals surface area contributed by atoms with Crippen molar-refractivity contribution in [1.82, 2.24) is 0 Å². The number of ether oxygens (including phenoxy) is 1. The van der Waals surface area contributed by atoms with Gasteiger partial charge in [-0.2, -0.15) is 22.0 Å². The van der Waals surface area contributed by atoms with Crippen LogP contribution >= 0.6 is 11.6 Å². The van der Waals surface area contributed by atoms with Crippen LogP contribution in [0.4, 0.5) is 22.0 Å². The highest BCUT2D eigenvalue weighted by molar-refractivity contribution is 6.22. The molecule has 0 rings (SSSR count). The second-order valence-electron chi connectivity index (χ2n) is 2.70. The first-order chi connectivity index (χ1) is 6.59. The molecule has 0 saturated carbocycles. The minimum absolute atomic E-state index is 0.192. The molecule has 8 heteroatoms. The van der Waals surface area contributed by atoms with Crippen LogP contribution < -0.4 is 0 Å². The van der Waals surface area contributed by atoms with E-state index in [-0.39, 0.29) is 12.8 Å². The molecule has 90 valence electrons. The summed E-state index contributed by atoms with van der Waals surface area (Å²) in [6.45, 7) is 1.49. The summed E-state index contributed by atoms with van der Waals surface area (Å²) in [4.78, 5) is 10.6. The van der Waals surface area contributed by atoms with E-state index in [0.717, 1.165) is 0 Å². The third-order valence-corrected chi connectivity index (χ3v) is 1.50. The maximum Gasteiger partial charge on any atom is 0.432 e. The molecular formula is C7H8ClF5O2. The summed E-state index contributed by atoms with van der Waals surface area (Å²) in [5, 5.41) is -4.67. The summed E-state index contributed by atoms with van der Waals surface area (Å²) < 4.78 is 64.0. The van der Waals surface area contributed by atoms with Crippen molar-refractivity contribution in [3.8, 4) is 0 Å².